The Bertz CT molecular complexity index is 1010. The van der Waals surface area contributed by atoms with E-state index in [1.165, 1.54) is 12.1 Å². The largest absolute Gasteiger partial charge is 0.269 e. The SMILES string of the molecule is N#CC(C#N)=C(c1ccc([N+](=O)[O-])cc1)C(C1C=CC=CC=C1)C1C=CC=CC=C1. The molecule has 30 heavy (non-hydrogen) atoms. The van der Waals surface area contributed by atoms with Crippen LogP contribution in [0.25, 0.3) is 5.57 Å². The molecule has 0 aliphatic heterocycles. The first kappa shape index (κ1) is 20.5. The summed E-state index contributed by atoms with van der Waals surface area (Å²) in [7, 11) is 0. The Morgan fingerprint density at radius 3 is 1.60 bits per heavy atom. The number of nitrogens with zero attached hydrogens (tertiary/aromatic N) is 3. The lowest BCUT2D eigenvalue weighted by Gasteiger charge is -2.30. The molecule has 5 heteroatoms. The lowest BCUT2D eigenvalue weighted by atomic mass is 9.72. The van der Waals surface area contributed by atoms with Gasteiger partial charge in [0.15, 0.2) is 0 Å². The number of nitro benzene ring substituents is 1. The first-order chi connectivity index (χ1) is 14.7. The first-order valence-electron chi connectivity index (χ1n) is 9.48. The van der Waals surface area contributed by atoms with Crippen molar-refractivity contribution in [3.63, 3.8) is 0 Å². The van der Waals surface area contributed by atoms with E-state index in [-0.39, 0.29) is 29.0 Å². The monoisotopic (exact) mass is 393 g/mol. The number of rotatable bonds is 5. The molecule has 0 fully saturated rings. The smallest absolute Gasteiger partial charge is 0.258 e. The minimum atomic E-state index is -0.467. The number of nitro groups is 1. The lowest BCUT2D eigenvalue weighted by Crippen LogP contribution is -2.22. The molecule has 2 aliphatic carbocycles. The van der Waals surface area contributed by atoms with Gasteiger partial charge in [-0.15, -0.1) is 0 Å². The molecule has 146 valence electrons. The number of hydrogen-bond donors (Lipinski definition) is 0. The molecule has 0 saturated heterocycles. The maximum absolute atomic E-state index is 11.1. The van der Waals surface area contributed by atoms with Gasteiger partial charge in [-0.05, 0) is 23.3 Å². The highest BCUT2D eigenvalue weighted by Crippen LogP contribution is 2.41. The van der Waals surface area contributed by atoms with Crippen molar-refractivity contribution in [2.75, 3.05) is 0 Å². The minimum Gasteiger partial charge on any atom is -0.258 e. The Hall–Kier alpha value is -4.22. The van der Waals surface area contributed by atoms with Crippen LogP contribution in [0.4, 0.5) is 5.69 Å². The Morgan fingerprint density at radius 1 is 0.800 bits per heavy atom. The van der Waals surface area contributed by atoms with Crippen LogP contribution in [0.15, 0.2) is 103 Å². The molecule has 0 aromatic heterocycles. The quantitative estimate of drug-likeness (QED) is 0.369. The van der Waals surface area contributed by atoms with Crippen LogP contribution in [0.1, 0.15) is 5.56 Å². The summed E-state index contributed by atoms with van der Waals surface area (Å²) in [6.45, 7) is 0. The van der Waals surface area contributed by atoms with Gasteiger partial charge in [0, 0.05) is 29.9 Å². The van der Waals surface area contributed by atoms with Gasteiger partial charge >= 0.3 is 0 Å². The molecule has 3 rings (SSSR count). The predicted octanol–water partition coefficient (Wildman–Crippen LogP) is 5.61. The Balaban J connectivity index is 2.21. The fourth-order valence-electron chi connectivity index (χ4n) is 3.69. The summed E-state index contributed by atoms with van der Waals surface area (Å²) >= 11 is 0. The van der Waals surface area contributed by atoms with Crippen molar-refractivity contribution >= 4 is 11.3 Å². The second-order valence-electron chi connectivity index (χ2n) is 6.81. The van der Waals surface area contributed by atoms with Crippen molar-refractivity contribution in [1.29, 1.82) is 10.5 Å². The van der Waals surface area contributed by atoms with Crippen molar-refractivity contribution < 1.29 is 4.92 Å². The number of benzene rings is 1. The van der Waals surface area contributed by atoms with E-state index in [4.69, 9.17) is 0 Å². The van der Waals surface area contributed by atoms with Crippen LogP contribution in [0, 0.1) is 50.5 Å². The second-order valence-corrected chi connectivity index (χ2v) is 6.81. The van der Waals surface area contributed by atoms with E-state index in [2.05, 4.69) is 0 Å². The average molecular weight is 393 g/mol. The molecule has 0 unspecified atom stereocenters. The number of hydrogen-bond acceptors (Lipinski definition) is 4. The average Bonchev–Trinajstić information content (AvgIpc) is 3.19. The van der Waals surface area contributed by atoms with E-state index in [9.17, 15) is 20.6 Å². The van der Waals surface area contributed by atoms with Crippen LogP contribution in [-0.2, 0) is 0 Å². The summed E-state index contributed by atoms with van der Waals surface area (Å²) in [6.07, 6.45) is 23.7. The van der Waals surface area contributed by atoms with E-state index >= 15 is 0 Å². The van der Waals surface area contributed by atoms with Crippen molar-refractivity contribution in [3.05, 3.63) is 118 Å². The summed E-state index contributed by atoms with van der Waals surface area (Å²) in [5.74, 6) is -0.417. The van der Waals surface area contributed by atoms with E-state index in [1.54, 1.807) is 12.1 Å². The first-order valence-corrected chi connectivity index (χ1v) is 9.48. The van der Waals surface area contributed by atoms with Crippen LogP contribution in [0.5, 0.6) is 0 Å². The van der Waals surface area contributed by atoms with Crippen LogP contribution < -0.4 is 0 Å². The third-order valence-corrected chi connectivity index (χ3v) is 5.04. The van der Waals surface area contributed by atoms with Gasteiger partial charge in [-0.1, -0.05) is 72.9 Å². The van der Waals surface area contributed by atoms with Crippen molar-refractivity contribution in [3.8, 4) is 12.1 Å². The van der Waals surface area contributed by atoms with Crippen molar-refractivity contribution in [2.24, 2.45) is 17.8 Å². The second kappa shape index (κ2) is 9.82. The van der Waals surface area contributed by atoms with Crippen molar-refractivity contribution in [1.82, 2.24) is 0 Å². The molecule has 0 saturated carbocycles. The van der Waals surface area contributed by atoms with E-state index in [0.29, 0.717) is 11.1 Å². The Morgan fingerprint density at radius 2 is 1.23 bits per heavy atom. The summed E-state index contributed by atoms with van der Waals surface area (Å²) < 4.78 is 0. The highest BCUT2D eigenvalue weighted by atomic mass is 16.6. The van der Waals surface area contributed by atoms with Gasteiger partial charge < -0.3 is 0 Å². The van der Waals surface area contributed by atoms with Gasteiger partial charge in [0.1, 0.15) is 17.7 Å². The summed E-state index contributed by atoms with van der Waals surface area (Å²) in [4.78, 5) is 10.6. The summed E-state index contributed by atoms with van der Waals surface area (Å²) in [6, 6.07) is 10.1. The highest BCUT2D eigenvalue weighted by Gasteiger charge is 2.31. The summed E-state index contributed by atoms with van der Waals surface area (Å²) in [5.41, 5.74) is 1.17. The normalized spacial score (nSPS) is 15.4. The Kier molecular flexibility index (Phi) is 6.71. The fourth-order valence-corrected chi connectivity index (χ4v) is 3.69. The van der Waals surface area contributed by atoms with Crippen LogP contribution in [0.2, 0.25) is 0 Å². The number of allylic oxidation sites excluding steroid dienone is 14. The molecular formula is C25H19N3O2. The maximum atomic E-state index is 11.1. The van der Waals surface area contributed by atoms with Crippen molar-refractivity contribution in [2.45, 2.75) is 0 Å². The van der Waals surface area contributed by atoms with E-state index in [1.807, 2.05) is 85.1 Å². The molecule has 5 nitrogen and oxygen atoms in total. The molecule has 1 aromatic carbocycles. The van der Waals surface area contributed by atoms with Gasteiger partial charge in [0.2, 0.25) is 0 Å². The summed E-state index contributed by atoms with van der Waals surface area (Å²) in [5, 5.41) is 30.5. The van der Waals surface area contributed by atoms with Gasteiger partial charge in [0.05, 0.1) is 4.92 Å². The molecule has 0 radical (unpaired) electrons. The highest BCUT2D eigenvalue weighted by molar-refractivity contribution is 5.78. The number of non-ortho nitro benzene ring substituents is 1. The standard InChI is InChI=1S/C25H19N3O2/c26-17-22(18-27)25(21-13-15-23(16-14-21)28(29)30)24(19-9-5-1-2-6-10-19)20-11-7-3-4-8-12-20/h1-16,19-20,24H. The molecule has 2 aliphatic rings. The molecular weight excluding hydrogens is 374 g/mol. The zero-order valence-corrected chi connectivity index (χ0v) is 16.1. The molecule has 0 bridgehead atoms. The lowest BCUT2D eigenvalue weighted by molar-refractivity contribution is -0.384. The molecule has 0 atom stereocenters. The Labute approximate surface area is 175 Å². The van der Waals surface area contributed by atoms with E-state index in [0.717, 1.165) is 0 Å². The predicted molar refractivity (Wildman–Crippen MR) is 117 cm³/mol. The fraction of sp³-hybridized carbons (Fsp3) is 0.120. The van der Waals surface area contributed by atoms with Gasteiger partial charge in [-0.2, -0.15) is 10.5 Å². The topological polar surface area (TPSA) is 90.7 Å². The van der Waals surface area contributed by atoms with Crippen LogP contribution in [0.3, 0.4) is 0 Å². The molecule has 1 aromatic rings. The minimum absolute atomic E-state index is 0.00636. The molecule has 0 heterocycles. The van der Waals surface area contributed by atoms with Crippen LogP contribution in [-0.4, -0.2) is 4.92 Å². The molecule has 0 spiro atoms. The zero-order valence-electron chi connectivity index (χ0n) is 16.1. The molecule has 0 amide bonds. The number of nitriles is 2. The van der Waals surface area contributed by atoms with E-state index < -0.39 is 4.92 Å². The third kappa shape index (κ3) is 4.60. The van der Waals surface area contributed by atoms with Gasteiger partial charge in [-0.3, -0.25) is 10.1 Å². The zero-order chi connectivity index (χ0) is 21.3. The third-order valence-electron chi connectivity index (χ3n) is 5.04. The van der Waals surface area contributed by atoms with Gasteiger partial charge in [-0.25, -0.2) is 0 Å². The van der Waals surface area contributed by atoms with Crippen LogP contribution >= 0.6 is 0 Å². The molecule has 0 N–H and O–H groups in total. The maximum Gasteiger partial charge on any atom is 0.269 e. The van der Waals surface area contributed by atoms with Gasteiger partial charge in [0.25, 0.3) is 5.69 Å².